The highest BCUT2D eigenvalue weighted by Gasteiger charge is 2.17. The van der Waals surface area contributed by atoms with Crippen LogP contribution in [0.15, 0.2) is 38.9 Å². The summed E-state index contributed by atoms with van der Waals surface area (Å²) in [6, 6.07) is 5.20. The fourth-order valence-electron chi connectivity index (χ4n) is 1.97. The molecule has 1 heterocycles. The molecule has 0 fully saturated rings. The second kappa shape index (κ2) is 7.89. The summed E-state index contributed by atoms with van der Waals surface area (Å²) in [5.74, 6) is 0.364. The largest absolute Gasteiger partial charge is 0.493 e. The van der Waals surface area contributed by atoms with E-state index in [1.54, 1.807) is 0 Å². The molecule has 11 heteroatoms. The van der Waals surface area contributed by atoms with E-state index >= 15 is 0 Å². The molecule has 1 aromatic heterocycles. The van der Waals surface area contributed by atoms with Crippen molar-refractivity contribution in [3.63, 3.8) is 0 Å². The Hall–Kier alpha value is -3.05. The van der Waals surface area contributed by atoms with Crippen molar-refractivity contribution in [2.24, 2.45) is 5.10 Å². The van der Waals surface area contributed by atoms with E-state index in [-0.39, 0.29) is 11.3 Å². The van der Waals surface area contributed by atoms with Gasteiger partial charge >= 0.3 is 10.1 Å². The van der Waals surface area contributed by atoms with Crippen LogP contribution in [-0.2, 0) is 10.1 Å². The number of carbonyl (C=O) groups is 1. The minimum atomic E-state index is -4.44. The molecular formula is C15H16N2O8S. The van der Waals surface area contributed by atoms with Gasteiger partial charge in [0.05, 0.1) is 27.5 Å². The first-order valence-electron chi connectivity index (χ1n) is 7.01. The molecule has 0 aliphatic carbocycles. The lowest BCUT2D eigenvalue weighted by molar-refractivity contribution is 0.0954. The van der Waals surface area contributed by atoms with Gasteiger partial charge in [0.1, 0.15) is 5.76 Å². The summed E-state index contributed by atoms with van der Waals surface area (Å²) < 4.78 is 51.0. The number of methoxy groups -OCH3 is 3. The summed E-state index contributed by atoms with van der Waals surface area (Å²) in [6.07, 6.45) is 1.07. The van der Waals surface area contributed by atoms with E-state index in [2.05, 4.69) is 10.5 Å². The molecule has 0 saturated carbocycles. The van der Waals surface area contributed by atoms with Gasteiger partial charge in [-0.2, -0.15) is 13.5 Å². The van der Waals surface area contributed by atoms with Gasteiger partial charge in [-0.15, -0.1) is 0 Å². The maximum atomic E-state index is 12.2. The number of carbonyl (C=O) groups excluding carboxylic acids is 1. The average Bonchev–Trinajstić information content (AvgIpc) is 3.09. The van der Waals surface area contributed by atoms with Gasteiger partial charge in [0.25, 0.3) is 5.91 Å². The third kappa shape index (κ3) is 4.32. The third-order valence-corrected chi connectivity index (χ3v) is 3.87. The summed E-state index contributed by atoms with van der Waals surface area (Å²) >= 11 is 0. The van der Waals surface area contributed by atoms with E-state index in [0.29, 0.717) is 17.2 Å². The molecule has 0 radical (unpaired) electrons. The molecule has 1 aromatic carbocycles. The van der Waals surface area contributed by atoms with Crippen LogP contribution in [0.4, 0.5) is 0 Å². The van der Waals surface area contributed by atoms with Crippen molar-refractivity contribution in [3.8, 4) is 17.2 Å². The summed E-state index contributed by atoms with van der Waals surface area (Å²) in [5.41, 5.74) is 2.43. The minimum Gasteiger partial charge on any atom is -0.493 e. The Morgan fingerprint density at radius 2 is 1.77 bits per heavy atom. The highest BCUT2D eigenvalue weighted by atomic mass is 32.2. The summed E-state index contributed by atoms with van der Waals surface area (Å²) in [5, 5.41) is 3.03. The number of furan rings is 1. The molecule has 1 amide bonds. The van der Waals surface area contributed by atoms with E-state index in [1.165, 1.54) is 39.5 Å². The summed E-state index contributed by atoms with van der Waals surface area (Å²) in [4.78, 5) is 12.2. The molecule has 26 heavy (non-hydrogen) atoms. The van der Waals surface area contributed by atoms with Crippen molar-refractivity contribution in [2.75, 3.05) is 21.3 Å². The summed E-state index contributed by atoms with van der Waals surface area (Å²) in [7, 11) is -0.170. The lowest BCUT2D eigenvalue weighted by atomic mass is 10.1. The smallest absolute Gasteiger partial charge is 0.328 e. The van der Waals surface area contributed by atoms with Crippen LogP contribution in [0.25, 0.3) is 0 Å². The second-order valence-corrected chi connectivity index (χ2v) is 6.10. The average molecular weight is 384 g/mol. The lowest BCUT2D eigenvalue weighted by Crippen LogP contribution is -2.18. The number of hydrogen-bond acceptors (Lipinski definition) is 8. The summed E-state index contributed by atoms with van der Waals surface area (Å²) in [6.45, 7) is 0. The fourth-order valence-corrected chi connectivity index (χ4v) is 2.42. The van der Waals surface area contributed by atoms with Gasteiger partial charge in [0.2, 0.25) is 10.8 Å². The molecule has 0 saturated heterocycles. The number of amides is 1. The Kier molecular flexibility index (Phi) is 5.85. The normalized spacial score (nSPS) is 11.4. The molecule has 2 rings (SSSR count). The third-order valence-electron chi connectivity index (χ3n) is 3.14. The van der Waals surface area contributed by atoms with Crippen LogP contribution in [0.5, 0.6) is 17.2 Å². The molecule has 0 bridgehead atoms. The number of nitrogens with one attached hydrogen (secondary N) is 1. The molecule has 2 aromatic rings. The molecule has 140 valence electrons. The number of nitrogens with zero attached hydrogens (tertiary/aromatic N) is 1. The molecule has 0 spiro atoms. The van der Waals surface area contributed by atoms with Gasteiger partial charge in [0.15, 0.2) is 11.5 Å². The first-order valence-corrected chi connectivity index (χ1v) is 8.45. The van der Waals surface area contributed by atoms with Crippen LogP contribution in [0.1, 0.15) is 16.1 Å². The van der Waals surface area contributed by atoms with Crippen LogP contribution in [0, 0.1) is 0 Å². The number of hydrazone groups is 1. The maximum Gasteiger partial charge on any atom is 0.328 e. The predicted octanol–water partition coefficient (Wildman–Crippen LogP) is 1.32. The van der Waals surface area contributed by atoms with Crippen molar-refractivity contribution in [1.29, 1.82) is 0 Å². The van der Waals surface area contributed by atoms with Crippen molar-refractivity contribution < 1.29 is 36.4 Å². The number of hydrogen-bond donors (Lipinski definition) is 2. The Labute approximate surface area is 149 Å². The molecule has 0 atom stereocenters. The zero-order valence-corrected chi connectivity index (χ0v) is 14.9. The highest BCUT2D eigenvalue weighted by molar-refractivity contribution is 7.85. The van der Waals surface area contributed by atoms with Gasteiger partial charge < -0.3 is 18.6 Å². The number of benzene rings is 1. The maximum absolute atomic E-state index is 12.2. The minimum absolute atomic E-state index is 0.0165. The zero-order chi connectivity index (χ0) is 19.3. The SMILES string of the molecule is COc1cc(C(=O)N/N=C\c2ccc(S(=O)(=O)O)o2)cc(OC)c1OC. The Bertz CT molecular complexity index is 908. The molecular weight excluding hydrogens is 368 g/mol. The first kappa shape index (κ1) is 19.3. The molecule has 0 unspecified atom stereocenters. The van der Waals surface area contributed by atoms with E-state index in [4.69, 9.17) is 23.2 Å². The van der Waals surface area contributed by atoms with Crippen LogP contribution in [0.2, 0.25) is 0 Å². The van der Waals surface area contributed by atoms with Crippen LogP contribution < -0.4 is 19.6 Å². The van der Waals surface area contributed by atoms with Crippen molar-refractivity contribution in [3.05, 3.63) is 35.6 Å². The zero-order valence-electron chi connectivity index (χ0n) is 14.0. The van der Waals surface area contributed by atoms with E-state index in [0.717, 1.165) is 12.3 Å². The van der Waals surface area contributed by atoms with Crippen LogP contribution in [0.3, 0.4) is 0 Å². The Balaban J connectivity index is 2.16. The monoisotopic (exact) mass is 384 g/mol. The Morgan fingerprint density at radius 1 is 1.15 bits per heavy atom. The van der Waals surface area contributed by atoms with Crippen molar-refractivity contribution in [1.82, 2.24) is 5.43 Å². The molecule has 10 nitrogen and oxygen atoms in total. The van der Waals surface area contributed by atoms with Gasteiger partial charge in [-0.25, -0.2) is 5.43 Å². The van der Waals surface area contributed by atoms with Crippen LogP contribution in [-0.4, -0.2) is 46.4 Å². The van der Waals surface area contributed by atoms with E-state index in [1.807, 2.05) is 0 Å². The van der Waals surface area contributed by atoms with E-state index < -0.39 is 21.1 Å². The number of rotatable bonds is 7. The van der Waals surface area contributed by atoms with E-state index in [9.17, 15) is 13.2 Å². The second-order valence-electron chi connectivity index (χ2n) is 4.75. The molecule has 2 N–H and O–H groups in total. The number of ether oxygens (including phenoxy) is 3. The van der Waals surface area contributed by atoms with Gasteiger partial charge in [-0.3, -0.25) is 9.35 Å². The molecule has 0 aliphatic heterocycles. The van der Waals surface area contributed by atoms with Crippen LogP contribution >= 0.6 is 0 Å². The standard InChI is InChI=1S/C15H16N2O8S/c1-22-11-6-9(7-12(23-2)14(11)24-3)15(18)17-16-8-10-4-5-13(25-10)26(19,20)21/h4-8H,1-3H3,(H,17,18)(H,19,20,21)/b16-8-. The highest BCUT2D eigenvalue weighted by Crippen LogP contribution is 2.38. The van der Waals surface area contributed by atoms with Crippen molar-refractivity contribution in [2.45, 2.75) is 5.09 Å². The van der Waals surface area contributed by atoms with Gasteiger partial charge in [0, 0.05) is 5.56 Å². The fraction of sp³-hybridized carbons (Fsp3) is 0.200. The van der Waals surface area contributed by atoms with Crippen molar-refractivity contribution >= 4 is 22.2 Å². The first-order chi connectivity index (χ1) is 12.3. The van der Waals surface area contributed by atoms with Gasteiger partial charge in [-0.05, 0) is 24.3 Å². The quantitative estimate of drug-likeness (QED) is 0.414. The lowest BCUT2D eigenvalue weighted by Gasteiger charge is -2.13. The molecule has 0 aliphatic rings. The van der Waals surface area contributed by atoms with Gasteiger partial charge in [-0.1, -0.05) is 0 Å². The topological polar surface area (TPSA) is 137 Å². The predicted molar refractivity (Wildman–Crippen MR) is 89.7 cm³/mol. The Morgan fingerprint density at radius 3 is 2.23 bits per heavy atom.